The van der Waals surface area contributed by atoms with Crippen LogP contribution >= 0.6 is 27.5 Å². The predicted molar refractivity (Wildman–Crippen MR) is 87.3 cm³/mol. The summed E-state index contributed by atoms with van der Waals surface area (Å²) in [5.74, 6) is 0. The van der Waals surface area contributed by atoms with Crippen LogP contribution in [0, 0.1) is 0 Å². The molecule has 0 amide bonds. The van der Waals surface area contributed by atoms with Crippen molar-refractivity contribution in [3.05, 3.63) is 51.2 Å². The van der Waals surface area contributed by atoms with Crippen molar-refractivity contribution < 1.29 is 0 Å². The molecule has 0 aliphatic carbocycles. The number of hydrogen-bond donors (Lipinski definition) is 1. The Hall–Kier alpha value is -0.840. The first-order valence-corrected chi connectivity index (χ1v) is 7.93. The number of aromatic nitrogens is 2. The molecule has 0 aliphatic heterocycles. The fourth-order valence-corrected chi connectivity index (χ4v) is 2.89. The van der Waals surface area contributed by atoms with Gasteiger partial charge in [-0.1, -0.05) is 30.7 Å². The summed E-state index contributed by atoms with van der Waals surface area (Å²) in [6.07, 6.45) is 1.86. The van der Waals surface area contributed by atoms with Crippen molar-refractivity contribution in [1.82, 2.24) is 15.1 Å². The predicted octanol–water partition coefficient (Wildman–Crippen LogP) is 4.58. The molecule has 1 N–H and O–H groups in total. The van der Waals surface area contributed by atoms with Crippen LogP contribution in [-0.4, -0.2) is 16.3 Å². The lowest BCUT2D eigenvalue weighted by atomic mass is 10.0. The van der Waals surface area contributed by atoms with Gasteiger partial charge in [0, 0.05) is 11.1 Å². The molecule has 20 heavy (non-hydrogen) atoms. The highest BCUT2D eigenvalue weighted by atomic mass is 79.9. The third-order valence-corrected chi connectivity index (χ3v) is 4.02. The van der Waals surface area contributed by atoms with Gasteiger partial charge in [0.15, 0.2) is 0 Å². The maximum Gasteiger partial charge on any atom is 0.0759 e. The van der Waals surface area contributed by atoms with E-state index >= 15 is 0 Å². The molecule has 0 saturated carbocycles. The Morgan fingerprint density at radius 2 is 1.95 bits per heavy atom. The van der Waals surface area contributed by atoms with Gasteiger partial charge in [-0.05, 0) is 54.0 Å². The average molecular weight is 357 g/mol. The quantitative estimate of drug-likeness (QED) is 0.850. The van der Waals surface area contributed by atoms with Crippen LogP contribution in [0.25, 0.3) is 0 Å². The SMILES string of the molecule is CCNC(c1ccc(Cl)cc1)c1c(Br)cnn1C(C)C. The van der Waals surface area contributed by atoms with Gasteiger partial charge in [-0.3, -0.25) is 4.68 Å². The molecule has 108 valence electrons. The second-order valence-corrected chi connectivity index (χ2v) is 6.25. The minimum atomic E-state index is 0.0940. The van der Waals surface area contributed by atoms with Crippen LogP contribution in [0.15, 0.2) is 34.9 Å². The van der Waals surface area contributed by atoms with Crippen LogP contribution < -0.4 is 5.32 Å². The summed E-state index contributed by atoms with van der Waals surface area (Å²) >= 11 is 9.60. The highest BCUT2D eigenvalue weighted by Gasteiger charge is 2.22. The normalized spacial score (nSPS) is 12.9. The average Bonchev–Trinajstić information content (AvgIpc) is 2.79. The number of benzene rings is 1. The van der Waals surface area contributed by atoms with E-state index in [1.165, 1.54) is 5.56 Å². The van der Waals surface area contributed by atoms with Gasteiger partial charge in [-0.15, -0.1) is 0 Å². The van der Waals surface area contributed by atoms with Crippen LogP contribution in [0.1, 0.15) is 44.1 Å². The maximum atomic E-state index is 5.98. The first-order valence-electron chi connectivity index (χ1n) is 6.76. The summed E-state index contributed by atoms with van der Waals surface area (Å²) < 4.78 is 3.07. The third kappa shape index (κ3) is 3.25. The van der Waals surface area contributed by atoms with Gasteiger partial charge in [0.25, 0.3) is 0 Å². The molecule has 5 heteroatoms. The minimum absolute atomic E-state index is 0.0940. The molecule has 1 aromatic carbocycles. The van der Waals surface area contributed by atoms with E-state index in [0.29, 0.717) is 6.04 Å². The Bertz CT molecular complexity index is 563. The molecule has 1 heterocycles. The zero-order valence-corrected chi connectivity index (χ0v) is 14.2. The molecule has 2 aromatic rings. The number of nitrogens with zero attached hydrogens (tertiary/aromatic N) is 2. The van der Waals surface area contributed by atoms with Crippen LogP contribution in [0.4, 0.5) is 0 Å². The highest BCUT2D eigenvalue weighted by Crippen LogP contribution is 2.31. The zero-order chi connectivity index (χ0) is 14.7. The largest absolute Gasteiger partial charge is 0.305 e. The van der Waals surface area contributed by atoms with Crippen LogP contribution in [-0.2, 0) is 0 Å². The molecule has 1 atom stereocenters. The van der Waals surface area contributed by atoms with Crippen molar-refractivity contribution in [2.45, 2.75) is 32.9 Å². The Kier molecular flexibility index (Phi) is 5.24. The van der Waals surface area contributed by atoms with Crippen LogP contribution in [0.5, 0.6) is 0 Å². The van der Waals surface area contributed by atoms with Gasteiger partial charge in [0.1, 0.15) is 0 Å². The van der Waals surface area contributed by atoms with Gasteiger partial charge >= 0.3 is 0 Å². The standard InChI is InChI=1S/C15H19BrClN3/c1-4-18-14(11-5-7-12(17)8-6-11)15-13(16)9-19-20(15)10(2)3/h5-10,14,18H,4H2,1-3H3. The Balaban J connectivity index is 2.48. The third-order valence-electron chi connectivity index (χ3n) is 3.16. The topological polar surface area (TPSA) is 29.9 Å². The van der Waals surface area contributed by atoms with E-state index in [0.717, 1.165) is 21.7 Å². The number of rotatable bonds is 5. The fourth-order valence-electron chi connectivity index (χ4n) is 2.26. The number of hydrogen-bond acceptors (Lipinski definition) is 2. The van der Waals surface area contributed by atoms with Crippen LogP contribution in [0.2, 0.25) is 5.02 Å². The van der Waals surface area contributed by atoms with Crippen molar-refractivity contribution >= 4 is 27.5 Å². The van der Waals surface area contributed by atoms with Gasteiger partial charge in [0.05, 0.1) is 22.4 Å². The molecule has 0 fully saturated rings. The van der Waals surface area contributed by atoms with E-state index in [1.54, 1.807) is 0 Å². The Morgan fingerprint density at radius 3 is 2.50 bits per heavy atom. The maximum absolute atomic E-state index is 5.98. The monoisotopic (exact) mass is 355 g/mol. The molecule has 1 unspecified atom stereocenters. The smallest absolute Gasteiger partial charge is 0.0759 e. The van der Waals surface area contributed by atoms with Gasteiger partial charge in [0.2, 0.25) is 0 Å². The lowest BCUT2D eigenvalue weighted by Gasteiger charge is -2.22. The molecule has 0 spiro atoms. The minimum Gasteiger partial charge on any atom is -0.305 e. The summed E-state index contributed by atoms with van der Waals surface area (Å²) in [5, 5.41) is 8.74. The second-order valence-electron chi connectivity index (χ2n) is 4.96. The van der Waals surface area contributed by atoms with Crippen molar-refractivity contribution in [3.63, 3.8) is 0 Å². The van der Waals surface area contributed by atoms with Gasteiger partial charge in [-0.2, -0.15) is 5.10 Å². The second kappa shape index (κ2) is 6.74. The summed E-state index contributed by atoms with van der Waals surface area (Å²) in [7, 11) is 0. The van der Waals surface area contributed by atoms with Crippen molar-refractivity contribution in [3.8, 4) is 0 Å². The first kappa shape index (κ1) is 15.5. The fraction of sp³-hybridized carbons (Fsp3) is 0.400. The molecule has 3 nitrogen and oxygen atoms in total. The first-order chi connectivity index (χ1) is 9.54. The molecular weight excluding hydrogens is 338 g/mol. The summed E-state index contributed by atoms with van der Waals surface area (Å²) in [6.45, 7) is 7.25. The lowest BCUT2D eigenvalue weighted by Crippen LogP contribution is -2.25. The van der Waals surface area contributed by atoms with E-state index < -0.39 is 0 Å². The highest BCUT2D eigenvalue weighted by molar-refractivity contribution is 9.10. The van der Waals surface area contributed by atoms with Gasteiger partial charge < -0.3 is 5.32 Å². The molecular formula is C15H19BrClN3. The lowest BCUT2D eigenvalue weighted by molar-refractivity contribution is 0.475. The molecule has 0 saturated heterocycles. The Labute approximate surface area is 133 Å². The molecule has 1 aromatic heterocycles. The molecule has 0 radical (unpaired) electrons. The summed E-state index contributed by atoms with van der Waals surface area (Å²) in [4.78, 5) is 0. The zero-order valence-electron chi connectivity index (χ0n) is 11.9. The summed E-state index contributed by atoms with van der Waals surface area (Å²) in [5.41, 5.74) is 2.32. The van der Waals surface area contributed by atoms with E-state index in [2.05, 4.69) is 59.2 Å². The number of nitrogens with one attached hydrogen (secondary N) is 1. The van der Waals surface area contributed by atoms with E-state index in [1.807, 2.05) is 23.0 Å². The van der Waals surface area contributed by atoms with Crippen molar-refractivity contribution in [2.24, 2.45) is 0 Å². The van der Waals surface area contributed by atoms with E-state index in [-0.39, 0.29) is 6.04 Å². The van der Waals surface area contributed by atoms with Crippen molar-refractivity contribution in [1.29, 1.82) is 0 Å². The van der Waals surface area contributed by atoms with Crippen LogP contribution in [0.3, 0.4) is 0 Å². The molecule has 0 bridgehead atoms. The summed E-state index contributed by atoms with van der Waals surface area (Å²) in [6, 6.07) is 8.36. The van der Waals surface area contributed by atoms with E-state index in [9.17, 15) is 0 Å². The molecule has 0 aliphatic rings. The van der Waals surface area contributed by atoms with Crippen molar-refractivity contribution in [2.75, 3.05) is 6.54 Å². The number of halogens is 2. The van der Waals surface area contributed by atoms with Gasteiger partial charge in [-0.25, -0.2) is 0 Å². The van der Waals surface area contributed by atoms with E-state index in [4.69, 9.17) is 11.6 Å². The Morgan fingerprint density at radius 1 is 1.30 bits per heavy atom. The molecule has 2 rings (SSSR count).